The van der Waals surface area contributed by atoms with Crippen molar-refractivity contribution < 1.29 is 8.42 Å². The summed E-state index contributed by atoms with van der Waals surface area (Å²) in [6.07, 6.45) is 4.09. The maximum Gasteiger partial charge on any atom is 0.246 e. The van der Waals surface area contributed by atoms with Crippen LogP contribution in [0.2, 0.25) is 0 Å². The zero-order chi connectivity index (χ0) is 14.0. The van der Waals surface area contributed by atoms with Crippen LogP contribution in [0, 0.1) is 11.8 Å². The first-order chi connectivity index (χ1) is 8.95. The molecule has 0 spiro atoms. The summed E-state index contributed by atoms with van der Waals surface area (Å²) in [6.45, 7) is 5.37. The molecule has 0 saturated carbocycles. The summed E-state index contributed by atoms with van der Waals surface area (Å²) in [7, 11) is -1.74. The molecule has 2 atom stereocenters. The third-order valence-electron chi connectivity index (χ3n) is 3.51. The Morgan fingerprint density at radius 1 is 1.32 bits per heavy atom. The average Bonchev–Trinajstić information content (AvgIpc) is 2.37. The Bertz CT molecular complexity index is 535. The number of rotatable bonds is 3. The lowest BCUT2D eigenvalue weighted by Gasteiger charge is -2.34. The number of nitrogens with zero attached hydrogens (tertiary/aromatic N) is 2. The van der Waals surface area contributed by atoms with Gasteiger partial charge in [0.05, 0.1) is 5.69 Å². The van der Waals surface area contributed by atoms with Crippen molar-refractivity contribution in [1.82, 2.24) is 9.29 Å². The topological polar surface area (TPSA) is 62.3 Å². The van der Waals surface area contributed by atoms with Gasteiger partial charge < -0.3 is 5.32 Å². The molecule has 0 radical (unpaired) electrons. The lowest BCUT2D eigenvalue weighted by molar-refractivity contribution is 0.222. The molecule has 1 saturated heterocycles. The van der Waals surface area contributed by atoms with Crippen LogP contribution in [0.25, 0.3) is 0 Å². The predicted octanol–water partition coefficient (Wildman–Crippen LogP) is 1.79. The first-order valence-corrected chi connectivity index (χ1v) is 8.01. The van der Waals surface area contributed by atoms with Gasteiger partial charge in [0.25, 0.3) is 0 Å². The SMILES string of the molecule is CNc1ccncc1S(=O)(=O)N1CC(C)CC(C)C1. The first-order valence-electron chi connectivity index (χ1n) is 6.57. The highest BCUT2D eigenvalue weighted by Gasteiger charge is 2.33. The average molecular weight is 283 g/mol. The molecule has 6 heteroatoms. The molecule has 2 heterocycles. The second-order valence-corrected chi connectivity index (χ2v) is 7.30. The summed E-state index contributed by atoms with van der Waals surface area (Å²) in [5, 5.41) is 2.92. The fraction of sp³-hybridized carbons (Fsp3) is 0.615. The minimum atomic E-state index is -3.46. The number of nitrogens with one attached hydrogen (secondary N) is 1. The van der Waals surface area contributed by atoms with Gasteiger partial charge in [0.2, 0.25) is 10.0 Å². The van der Waals surface area contributed by atoms with Crippen LogP contribution in [0.3, 0.4) is 0 Å². The molecule has 0 bridgehead atoms. The molecule has 2 rings (SSSR count). The molecule has 19 heavy (non-hydrogen) atoms. The second kappa shape index (κ2) is 5.46. The highest BCUT2D eigenvalue weighted by molar-refractivity contribution is 7.89. The minimum Gasteiger partial charge on any atom is -0.387 e. The number of hydrogen-bond acceptors (Lipinski definition) is 4. The van der Waals surface area contributed by atoms with E-state index < -0.39 is 10.0 Å². The van der Waals surface area contributed by atoms with Crippen LogP contribution in [0.5, 0.6) is 0 Å². The predicted molar refractivity (Wildman–Crippen MR) is 75.5 cm³/mol. The highest BCUT2D eigenvalue weighted by atomic mass is 32.2. The zero-order valence-corrected chi connectivity index (χ0v) is 12.4. The van der Waals surface area contributed by atoms with Crippen molar-refractivity contribution in [3.05, 3.63) is 18.5 Å². The van der Waals surface area contributed by atoms with E-state index in [-0.39, 0.29) is 4.90 Å². The van der Waals surface area contributed by atoms with Crippen molar-refractivity contribution >= 4 is 15.7 Å². The van der Waals surface area contributed by atoms with Crippen LogP contribution in [0.4, 0.5) is 5.69 Å². The van der Waals surface area contributed by atoms with E-state index in [1.807, 2.05) is 0 Å². The second-order valence-electron chi connectivity index (χ2n) is 5.39. The molecule has 2 unspecified atom stereocenters. The molecule has 0 aliphatic carbocycles. The maximum absolute atomic E-state index is 12.7. The Kier molecular flexibility index (Phi) is 4.10. The van der Waals surface area contributed by atoms with Crippen molar-refractivity contribution in [2.45, 2.75) is 25.2 Å². The normalized spacial score (nSPS) is 25.2. The summed E-state index contributed by atoms with van der Waals surface area (Å²) >= 11 is 0. The van der Waals surface area contributed by atoms with Crippen molar-refractivity contribution in [1.29, 1.82) is 0 Å². The van der Waals surface area contributed by atoms with Gasteiger partial charge in [-0.05, 0) is 24.3 Å². The van der Waals surface area contributed by atoms with Gasteiger partial charge in [0.1, 0.15) is 4.90 Å². The van der Waals surface area contributed by atoms with E-state index in [1.165, 1.54) is 6.20 Å². The van der Waals surface area contributed by atoms with Gasteiger partial charge in [-0.3, -0.25) is 4.98 Å². The van der Waals surface area contributed by atoms with Crippen LogP contribution < -0.4 is 5.32 Å². The number of hydrogen-bond donors (Lipinski definition) is 1. The van der Waals surface area contributed by atoms with Crippen molar-refractivity contribution in [3.63, 3.8) is 0 Å². The lowest BCUT2D eigenvalue weighted by atomic mass is 9.94. The third-order valence-corrected chi connectivity index (χ3v) is 5.37. The van der Waals surface area contributed by atoms with Crippen molar-refractivity contribution in [2.24, 2.45) is 11.8 Å². The van der Waals surface area contributed by atoms with Gasteiger partial charge in [-0.1, -0.05) is 13.8 Å². The van der Waals surface area contributed by atoms with E-state index in [0.717, 1.165) is 6.42 Å². The molecule has 1 aromatic heterocycles. The highest BCUT2D eigenvalue weighted by Crippen LogP contribution is 2.29. The fourth-order valence-electron chi connectivity index (χ4n) is 2.73. The molecule has 1 aliphatic heterocycles. The summed E-state index contributed by atoms with van der Waals surface area (Å²) in [5.41, 5.74) is 0.598. The number of piperidine rings is 1. The number of sulfonamides is 1. The Balaban J connectivity index is 2.36. The van der Waals surface area contributed by atoms with Crippen LogP contribution in [-0.2, 0) is 10.0 Å². The van der Waals surface area contributed by atoms with Crippen molar-refractivity contribution in [2.75, 3.05) is 25.5 Å². The molecule has 1 aromatic rings. The smallest absolute Gasteiger partial charge is 0.246 e. The standard InChI is InChI=1S/C13H21N3O2S/c1-10-6-11(2)9-16(8-10)19(17,18)13-7-15-5-4-12(13)14-3/h4-5,7,10-11H,6,8-9H2,1-3H3,(H,14,15). The minimum absolute atomic E-state index is 0.263. The Labute approximate surface area is 115 Å². The van der Waals surface area contributed by atoms with E-state index in [2.05, 4.69) is 24.1 Å². The Morgan fingerprint density at radius 3 is 2.53 bits per heavy atom. The van der Waals surface area contributed by atoms with Crippen LogP contribution in [0.15, 0.2) is 23.4 Å². The van der Waals surface area contributed by atoms with Gasteiger partial charge in [-0.2, -0.15) is 4.31 Å². The molecule has 0 aromatic carbocycles. The number of pyridine rings is 1. The van der Waals surface area contributed by atoms with Crippen LogP contribution in [-0.4, -0.2) is 37.8 Å². The molecular formula is C13H21N3O2S. The number of anilines is 1. The first kappa shape index (κ1) is 14.3. The molecule has 1 N–H and O–H groups in total. The zero-order valence-electron chi connectivity index (χ0n) is 11.6. The van der Waals surface area contributed by atoms with Crippen LogP contribution >= 0.6 is 0 Å². The molecule has 1 fully saturated rings. The molecular weight excluding hydrogens is 262 g/mol. The summed E-state index contributed by atoms with van der Waals surface area (Å²) < 4.78 is 27.0. The quantitative estimate of drug-likeness (QED) is 0.918. The monoisotopic (exact) mass is 283 g/mol. The summed E-state index contributed by atoms with van der Waals surface area (Å²) in [6, 6.07) is 1.68. The van der Waals surface area contributed by atoms with E-state index in [1.54, 1.807) is 23.6 Å². The fourth-order valence-corrected chi connectivity index (χ4v) is 4.55. The van der Waals surface area contributed by atoms with Gasteiger partial charge in [0, 0.05) is 32.5 Å². The van der Waals surface area contributed by atoms with E-state index in [0.29, 0.717) is 30.6 Å². The van der Waals surface area contributed by atoms with Gasteiger partial charge >= 0.3 is 0 Å². The van der Waals surface area contributed by atoms with Crippen molar-refractivity contribution in [3.8, 4) is 0 Å². The molecule has 5 nitrogen and oxygen atoms in total. The summed E-state index contributed by atoms with van der Waals surface area (Å²) in [4.78, 5) is 4.21. The number of aromatic nitrogens is 1. The maximum atomic E-state index is 12.7. The summed E-state index contributed by atoms with van der Waals surface area (Å²) in [5.74, 6) is 0.793. The molecule has 106 valence electrons. The largest absolute Gasteiger partial charge is 0.387 e. The Hall–Kier alpha value is -1.14. The van der Waals surface area contributed by atoms with E-state index >= 15 is 0 Å². The van der Waals surface area contributed by atoms with Gasteiger partial charge in [-0.25, -0.2) is 8.42 Å². The van der Waals surface area contributed by atoms with Crippen LogP contribution in [0.1, 0.15) is 20.3 Å². The Morgan fingerprint density at radius 2 is 1.95 bits per heavy atom. The van der Waals surface area contributed by atoms with E-state index in [4.69, 9.17) is 0 Å². The molecule has 1 aliphatic rings. The van der Waals surface area contributed by atoms with Gasteiger partial charge in [0.15, 0.2) is 0 Å². The van der Waals surface area contributed by atoms with E-state index in [9.17, 15) is 8.42 Å². The third kappa shape index (κ3) is 2.90. The van der Waals surface area contributed by atoms with Gasteiger partial charge in [-0.15, -0.1) is 0 Å². The molecule has 0 amide bonds. The lowest BCUT2D eigenvalue weighted by Crippen LogP contribution is -2.42.